The Morgan fingerprint density at radius 2 is 2.03 bits per heavy atom. The van der Waals surface area contributed by atoms with E-state index in [1.807, 2.05) is 18.5 Å². The van der Waals surface area contributed by atoms with Gasteiger partial charge < -0.3 is 24.3 Å². The molecule has 0 saturated carbocycles. The molecule has 2 unspecified atom stereocenters. The number of hydrogen-bond acceptors (Lipinski definition) is 4. The van der Waals surface area contributed by atoms with Gasteiger partial charge in [0, 0.05) is 58.1 Å². The Bertz CT molecular complexity index is 807. The van der Waals surface area contributed by atoms with Gasteiger partial charge in [0.05, 0.1) is 12.7 Å². The summed E-state index contributed by atoms with van der Waals surface area (Å²) in [6.45, 7) is 7.77. The number of nitrogens with one attached hydrogen (secondary N) is 1. The SMILES string of the molecule is CCNC(=NCCc1nccn1Cc1ccccc1)N1CCOC(C2CCCO2)C1.I. The Hall–Kier alpha value is -1.65. The number of aromatic nitrogens is 2. The second-order valence-electron chi connectivity index (χ2n) is 7.85. The van der Waals surface area contributed by atoms with Gasteiger partial charge in [-0.25, -0.2) is 4.98 Å². The zero-order valence-corrected chi connectivity index (χ0v) is 20.6. The summed E-state index contributed by atoms with van der Waals surface area (Å²) >= 11 is 0. The van der Waals surface area contributed by atoms with Gasteiger partial charge >= 0.3 is 0 Å². The molecule has 1 aromatic heterocycles. The summed E-state index contributed by atoms with van der Waals surface area (Å²) in [6.07, 6.45) is 7.32. The third-order valence-electron chi connectivity index (χ3n) is 5.70. The van der Waals surface area contributed by atoms with E-state index < -0.39 is 0 Å². The minimum absolute atomic E-state index is 0. The van der Waals surface area contributed by atoms with Crippen LogP contribution in [0, 0.1) is 0 Å². The van der Waals surface area contributed by atoms with Crippen molar-refractivity contribution >= 4 is 29.9 Å². The molecule has 2 aliphatic rings. The summed E-state index contributed by atoms with van der Waals surface area (Å²) in [4.78, 5) is 11.8. The lowest BCUT2D eigenvalue weighted by molar-refractivity contribution is -0.0817. The van der Waals surface area contributed by atoms with Crippen molar-refractivity contribution in [1.82, 2.24) is 19.8 Å². The predicted molar refractivity (Wildman–Crippen MR) is 133 cm³/mol. The molecule has 0 bridgehead atoms. The highest BCUT2D eigenvalue weighted by atomic mass is 127. The van der Waals surface area contributed by atoms with E-state index in [2.05, 4.69) is 51.0 Å². The maximum atomic E-state index is 5.99. The number of aliphatic imine (C=N–C) groups is 1. The van der Waals surface area contributed by atoms with Crippen molar-refractivity contribution in [3.63, 3.8) is 0 Å². The van der Waals surface area contributed by atoms with E-state index >= 15 is 0 Å². The molecule has 0 radical (unpaired) electrons. The summed E-state index contributed by atoms with van der Waals surface area (Å²) in [5.41, 5.74) is 1.28. The van der Waals surface area contributed by atoms with Crippen molar-refractivity contribution in [3.05, 3.63) is 54.1 Å². The van der Waals surface area contributed by atoms with E-state index in [9.17, 15) is 0 Å². The Labute approximate surface area is 202 Å². The van der Waals surface area contributed by atoms with Crippen LogP contribution in [0.1, 0.15) is 31.2 Å². The summed E-state index contributed by atoms with van der Waals surface area (Å²) in [7, 11) is 0. The molecule has 0 spiro atoms. The van der Waals surface area contributed by atoms with Crippen LogP contribution in [-0.4, -0.2) is 72.0 Å². The maximum absolute atomic E-state index is 5.99. The Kier molecular flexibility index (Phi) is 9.60. The van der Waals surface area contributed by atoms with Crippen LogP contribution in [0.4, 0.5) is 0 Å². The fraction of sp³-hybridized carbons (Fsp3) is 0.565. The topological polar surface area (TPSA) is 63.9 Å². The van der Waals surface area contributed by atoms with Gasteiger partial charge in [-0.2, -0.15) is 0 Å². The number of ether oxygens (including phenoxy) is 2. The zero-order chi connectivity index (χ0) is 20.6. The highest BCUT2D eigenvalue weighted by molar-refractivity contribution is 14.0. The minimum atomic E-state index is 0. The lowest BCUT2D eigenvalue weighted by Gasteiger charge is -2.37. The molecule has 2 aromatic rings. The molecule has 2 fully saturated rings. The third-order valence-corrected chi connectivity index (χ3v) is 5.70. The molecule has 31 heavy (non-hydrogen) atoms. The molecule has 7 nitrogen and oxygen atoms in total. The van der Waals surface area contributed by atoms with E-state index in [0.29, 0.717) is 6.54 Å². The fourth-order valence-corrected chi connectivity index (χ4v) is 4.17. The number of morpholine rings is 1. The van der Waals surface area contributed by atoms with Crippen LogP contribution in [0.25, 0.3) is 0 Å². The number of hydrogen-bond donors (Lipinski definition) is 1. The Morgan fingerprint density at radius 1 is 1.19 bits per heavy atom. The van der Waals surface area contributed by atoms with Crippen molar-refractivity contribution in [2.45, 2.75) is 44.9 Å². The van der Waals surface area contributed by atoms with Gasteiger partial charge in [0.15, 0.2) is 5.96 Å². The standard InChI is InChI=1S/C23H33N5O2.HI/c1-2-24-23(28-14-16-30-21(18-28)20-9-6-15-29-20)26-11-10-22-25-12-13-27(22)17-19-7-4-3-5-8-19;/h3-5,7-8,12-13,20-21H,2,6,9-11,14-18H2,1H3,(H,24,26);1H. The average molecular weight is 539 g/mol. The smallest absolute Gasteiger partial charge is 0.194 e. The van der Waals surface area contributed by atoms with E-state index in [1.54, 1.807) is 0 Å². The van der Waals surface area contributed by atoms with E-state index in [-0.39, 0.29) is 36.2 Å². The minimum Gasteiger partial charge on any atom is -0.375 e. The molecule has 2 atom stereocenters. The van der Waals surface area contributed by atoms with E-state index in [1.165, 1.54) is 5.56 Å². The van der Waals surface area contributed by atoms with Crippen LogP contribution < -0.4 is 5.32 Å². The van der Waals surface area contributed by atoms with E-state index in [4.69, 9.17) is 14.5 Å². The van der Waals surface area contributed by atoms with Crippen LogP contribution in [0.15, 0.2) is 47.7 Å². The van der Waals surface area contributed by atoms with Gasteiger partial charge in [-0.05, 0) is 25.3 Å². The number of guanidine groups is 1. The van der Waals surface area contributed by atoms with Gasteiger partial charge in [-0.15, -0.1) is 24.0 Å². The van der Waals surface area contributed by atoms with Crippen molar-refractivity contribution in [2.24, 2.45) is 4.99 Å². The largest absolute Gasteiger partial charge is 0.375 e. The third kappa shape index (κ3) is 6.66. The first kappa shape index (κ1) is 24.0. The van der Waals surface area contributed by atoms with Crippen LogP contribution >= 0.6 is 24.0 Å². The molecule has 3 heterocycles. The predicted octanol–water partition coefficient (Wildman–Crippen LogP) is 2.94. The first-order chi connectivity index (χ1) is 14.8. The molecular weight excluding hydrogens is 505 g/mol. The normalized spacial score (nSPS) is 21.7. The second kappa shape index (κ2) is 12.4. The maximum Gasteiger partial charge on any atom is 0.194 e. The molecule has 1 aromatic carbocycles. The summed E-state index contributed by atoms with van der Waals surface area (Å²) in [5.74, 6) is 2.03. The van der Waals surface area contributed by atoms with Crippen molar-refractivity contribution in [2.75, 3.05) is 39.4 Å². The first-order valence-corrected chi connectivity index (χ1v) is 11.1. The van der Waals surface area contributed by atoms with Gasteiger partial charge in [0.25, 0.3) is 0 Å². The summed E-state index contributed by atoms with van der Waals surface area (Å²) in [6, 6.07) is 10.5. The van der Waals surface area contributed by atoms with Crippen molar-refractivity contribution in [1.29, 1.82) is 0 Å². The van der Waals surface area contributed by atoms with Gasteiger partial charge in [-0.1, -0.05) is 30.3 Å². The zero-order valence-electron chi connectivity index (χ0n) is 18.3. The van der Waals surface area contributed by atoms with Crippen LogP contribution in [-0.2, 0) is 22.4 Å². The quantitative estimate of drug-likeness (QED) is 0.333. The molecule has 4 rings (SSSR count). The molecule has 1 N–H and O–H groups in total. The van der Waals surface area contributed by atoms with Gasteiger partial charge in [-0.3, -0.25) is 4.99 Å². The van der Waals surface area contributed by atoms with Crippen LogP contribution in [0.3, 0.4) is 0 Å². The lowest BCUT2D eigenvalue weighted by atomic mass is 10.1. The Morgan fingerprint density at radius 3 is 2.81 bits per heavy atom. The molecule has 2 saturated heterocycles. The number of rotatable bonds is 7. The molecular formula is C23H34IN5O2. The first-order valence-electron chi connectivity index (χ1n) is 11.1. The fourth-order valence-electron chi connectivity index (χ4n) is 4.17. The number of benzene rings is 1. The van der Waals surface area contributed by atoms with Crippen LogP contribution in [0.2, 0.25) is 0 Å². The Balaban J connectivity index is 0.00000272. The second-order valence-corrected chi connectivity index (χ2v) is 7.85. The number of halogens is 1. The number of nitrogens with zero attached hydrogens (tertiary/aromatic N) is 4. The van der Waals surface area contributed by atoms with Gasteiger partial charge in [0.2, 0.25) is 0 Å². The molecule has 8 heteroatoms. The van der Waals surface area contributed by atoms with E-state index in [0.717, 1.165) is 70.4 Å². The number of imidazole rings is 1. The van der Waals surface area contributed by atoms with Gasteiger partial charge in [0.1, 0.15) is 11.9 Å². The molecule has 2 aliphatic heterocycles. The van der Waals surface area contributed by atoms with Crippen molar-refractivity contribution < 1.29 is 9.47 Å². The highest BCUT2D eigenvalue weighted by Crippen LogP contribution is 2.21. The van der Waals surface area contributed by atoms with Crippen molar-refractivity contribution in [3.8, 4) is 0 Å². The average Bonchev–Trinajstić information content (AvgIpc) is 3.47. The highest BCUT2D eigenvalue weighted by Gasteiger charge is 2.32. The molecule has 0 aliphatic carbocycles. The lowest BCUT2D eigenvalue weighted by Crippen LogP contribution is -2.53. The molecule has 170 valence electrons. The van der Waals surface area contributed by atoms with Crippen LogP contribution in [0.5, 0.6) is 0 Å². The monoisotopic (exact) mass is 539 g/mol. The molecule has 0 amide bonds. The summed E-state index contributed by atoms with van der Waals surface area (Å²) in [5, 5.41) is 3.45. The summed E-state index contributed by atoms with van der Waals surface area (Å²) < 4.78 is 14.1.